The molecule has 0 saturated heterocycles. The van der Waals surface area contributed by atoms with Gasteiger partial charge in [0.15, 0.2) is 11.6 Å². The SMILES string of the molecule is Cc1ccc(-c2nnc3n2-c2ccccc2N(C)c2ccccc2-3)cc1C. The van der Waals surface area contributed by atoms with E-state index in [0.717, 1.165) is 39.8 Å². The van der Waals surface area contributed by atoms with Crippen molar-refractivity contribution < 1.29 is 0 Å². The minimum Gasteiger partial charge on any atom is -0.342 e. The zero-order chi connectivity index (χ0) is 18.5. The van der Waals surface area contributed by atoms with Gasteiger partial charge in [0, 0.05) is 18.2 Å². The van der Waals surface area contributed by atoms with Crippen LogP contribution in [-0.4, -0.2) is 21.8 Å². The summed E-state index contributed by atoms with van der Waals surface area (Å²) in [5.41, 5.74) is 8.04. The summed E-state index contributed by atoms with van der Waals surface area (Å²) in [7, 11) is 2.10. The third-order valence-electron chi connectivity index (χ3n) is 5.42. The maximum Gasteiger partial charge on any atom is 0.171 e. The lowest BCUT2D eigenvalue weighted by atomic mass is 10.1. The van der Waals surface area contributed by atoms with E-state index in [4.69, 9.17) is 0 Å². The van der Waals surface area contributed by atoms with Crippen LogP contribution in [0.2, 0.25) is 0 Å². The molecule has 0 atom stereocenters. The van der Waals surface area contributed by atoms with Crippen molar-refractivity contribution >= 4 is 11.4 Å². The molecule has 1 aliphatic heterocycles. The predicted octanol–water partition coefficient (Wildman–Crippen LogP) is 5.30. The molecule has 27 heavy (non-hydrogen) atoms. The third kappa shape index (κ3) is 2.30. The number of aromatic nitrogens is 3. The first kappa shape index (κ1) is 15.8. The lowest BCUT2D eigenvalue weighted by molar-refractivity contribution is 1.07. The fourth-order valence-electron chi connectivity index (χ4n) is 3.78. The van der Waals surface area contributed by atoms with E-state index in [2.05, 4.69) is 107 Å². The number of anilines is 2. The summed E-state index contributed by atoms with van der Waals surface area (Å²) in [5, 5.41) is 9.20. The third-order valence-corrected chi connectivity index (χ3v) is 5.42. The lowest BCUT2D eigenvalue weighted by Crippen LogP contribution is -2.11. The van der Waals surface area contributed by atoms with E-state index in [1.54, 1.807) is 0 Å². The summed E-state index contributed by atoms with van der Waals surface area (Å²) in [4.78, 5) is 2.23. The molecular weight excluding hydrogens is 332 g/mol. The molecule has 0 saturated carbocycles. The normalized spacial score (nSPS) is 12.2. The number of para-hydroxylation sites is 3. The maximum atomic E-state index is 4.61. The van der Waals surface area contributed by atoms with E-state index < -0.39 is 0 Å². The number of hydrogen-bond acceptors (Lipinski definition) is 3. The highest BCUT2D eigenvalue weighted by Crippen LogP contribution is 2.42. The van der Waals surface area contributed by atoms with E-state index in [0.29, 0.717) is 0 Å². The van der Waals surface area contributed by atoms with Crippen LogP contribution in [0.25, 0.3) is 28.5 Å². The minimum absolute atomic E-state index is 0.866. The molecule has 1 aliphatic rings. The Hall–Kier alpha value is -3.40. The second-order valence-electron chi connectivity index (χ2n) is 7.05. The number of rotatable bonds is 1. The Morgan fingerprint density at radius 1 is 0.667 bits per heavy atom. The van der Waals surface area contributed by atoms with E-state index in [-0.39, 0.29) is 0 Å². The molecule has 4 aromatic rings. The summed E-state index contributed by atoms with van der Waals surface area (Å²) in [6, 6.07) is 23.2. The highest BCUT2D eigenvalue weighted by atomic mass is 15.3. The zero-order valence-electron chi connectivity index (χ0n) is 15.6. The molecule has 0 unspecified atom stereocenters. The number of aryl methyl sites for hydroxylation is 2. The predicted molar refractivity (Wildman–Crippen MR) is 110 cm³/mol. The second-order valence-corrected chi connectivity index (χ2v) is 7.05. The smallest absolute Gasteiger partial charge is 0.171 e. The molecule has 2 heterocycles. The topological polar surface area (TPSA) is 34.0 Å². The molecule has 0 N–H and O–H groups in total. The van der Waals surface area contributed by atoms with E-state index in [9.17, 15) is 0 Å². The summed E-state index contributed by atoms with van der Waals surface area (Å²) >= 11 is 0. The Balaban J connectivity index is 1.87. The summed E-state index contributed by atoms with van der Waals surface area (Å²) in [5.74, 6) is 1.74. The lowest BCUT2D eigenvalue weighted by Gasteiger charge is -2.21. The van der Waals surface area contributed by atoms with Gasteiger partial charge in [-0.05, 0) is 55.3 Å². The van der Waals surface area contributed by atoms with E-state index in [1.807, 2.05) is 0 Å². The van der Waals surface area contributed by atoms with Gasteiger partial charge < -0.3 is 4.90 Å². The summed E-state index contributed by atoms with van der Waals surface area (Å²) in [6.45, 7) is 4.26. The van der Waals surface area contributed by atoms with E-state index >= 15 is 0 Å². The number of fused-ring (bicyclic) bond motifs is 5. The first-order valence-corrected chi connectivity index (χ1v) is 9.11. The van der Waals surface area contributed by atoms with Crippen molar-refractivity contribution in [3.63, 3.8) is 0 Å². The van der Waals surface area contributed by atoms with Crippen LogP contribution in [0.1, 0.15) is 11.1 Å². The first-order chi connectivity index (χ1) is 13.1. The van der Waals surface area contributed by atoms with Crippen LogP contribution in [0.4, 0.5) is 11.4 Å². The molecule has 5 rings (SSSR count). The van der Waals surface area contributed by atoms with Crippen molar-refractivity contribution in [2.45, 2.75) is 13.8 Å². The van der Waals surface area contributed by atoms with Gasteiger partial charge in [-0.15, -0.1) is 10.2 Å². The van der Waals surface area contributed by atoms with Crippen molar-refractivity contribution in [3.8, 4) is 28.5 Å². The fourth-order valence-corrected chi connectivity index (χ4v) is 3.78. The molecule has 1 aromatic heterocycles. The van der Waals surface area contributed by atoms with Gasteiger partial charge in [0.2, 0.25) is 0 Å². The molecule has 3 aromatic carbocycles. The van der Waals surface area contributed by atoms with Gasteiger partial charge >= 0.3 is 0 Å². The molecule has 0 spiro atoms. The Labute approximate surface area is 158 Å². The van der Waals surface area contributed by atoms with Gasteiger partial charge in [0.05, 0.1) is 17.1 Å². The number of nitrogens with zero attached hydrogens (tertiary/aromatic N) is 4. The standard InChI is InChI=1S/C23H20N4/c1-15-12-13-17(14-16(15)2)22-24-25-23-18-8-4-5-9-19(18)26(3)20-10-6-7-11-21(20)27(22)23/h4-14H,1-3H3. The van der Waals surface area contributed by atoms with Gasteiger partial charge in [0.1, 0.15) is 0 Å². The highest BCUT2D eigenvalue weighted by Gasteiger charge is 2.26. The molecule has 132 valence electrons. The Bertz CT molecular complexity index is 1170. The minimum atomic E-state index is 0.866. The van der Waals surface area contributed by atoms with Gasteiger partial charge in [-0.3, -0.25) is 4.57 Å². The van der Waals surface area contributed by atoms with Crippen molar-refractivity contribution in [2.75, 3.05) is 11.9 Å². The van der Waals surface area contributed by atoms with Crippen LogP contribution in [0.5, 0.6) is 0 Å². The maximum absolute atomic E-state index is 4.61. The second kappa shape index (κ2) is 5.81. The fraction of sp³-hybridized carbons (Fsp3) is 0.130. The van der Waals surface area contributed by atoms with Crippen LogP contribution >= 0.6 is 0 Å². The van der Waals surface area contributed by atoms with Gasteiger partial charge in [0.25, 0.3) is 0 Å². The average molecular weight is 352 g/mol. The van der Waals surface area contributed by atoms with Crippen LogP contribution in [0.3, 0.4) is 0 Å². The largest absolute Gasteiger partial charge is 0.342 e. The van der Waals surface area contributed by atoms with Gasteiger partial charge in [-0.1, -0.05) is 36.4 Å². The molecule has 0 aliphatic carbocycles. The Kier molecular flexibility index (Phi) is 3.41. The highest BCUT2D eigenvalue weighted by molar-refractivity contribution is 5.87. The van der Waals surface area contributed by atoms with Crippen molar-refractivity contribution in [1.29, 1.82) is 0 Å². The summed E-state index contributed by atoms with van der Waals surface area (Å²) < 4.78 is 2.18. The van der Waals surface area contributed by atoms with Crippen LogP contribution < -0.4 is 4.90 Å². The number of benzene rings is 3. The average Bonchev–Trinajstić information content (AvgIpc) is 3.10. The van der Waals surface area contributed by atoms with Crippen LogP contribution in [0.15, 0.2) is 66.7 Å². The Morgan fingerprint density at radius 2 is 1.33 bits per heavy atom. The molecule has 0 radical (unpaired) electrons. The van der Waals surface area contributed by atoms with Crippen LogP contribution in [0, 0.1) is 13.8 Å². The molecular formula is C23H20N4. The van der Waals surface area contributed by atoms with E-state index in [1.165, 1.54) is 11.1 Å². The Morgan fingerprint density at radius 3 is 2.11 bits per heavy atom. The number of hydrogen-bond donors (Lipinski definition) is 0. The van der Waals surface area contributed by atoms with Gasteiger partial charge in [-0.25, -0.2) is 0 Å². The monoisotopic (exact) mass is 352 g/mol. The molecule has 0 bridgehead atoms. The molecule has 4 nitrogen and oxygen atoms in total. The first-order valence-electron chi connectivity index (χ1n) is 9.11. The summed E-state index contributed by atoms with van der Waals surface area (Å²) in [6.07, 6.45) is 0. The quantitative estimate of drug-likeness (QED) is 0.466. The van der Waals surface area contributed by atoms with Crippen molar-refractivity contribution in [1.82, 2.24) is 14.8 Å². The molecule has 0 fully saturated rings. The van der Waals surface area contributed by atoms with Crippen LogP contribution in [-0.2, 0) is 0 Å². The van der Waals surface area contributed by atoms with Crippen molar-refractivity contribution in [2.24, 2.45) is 0 Å². The molecule has 0 amide bonds. The van der Waals surface area contributed by atoms with Crippen molar-refractivity contribution in [3.05, 3.63) is 77.9 Å². The van der Waals surface area contributed by atoms with Gasteiger partial charge in [-0.2, -0.15) is 0 Å². The molecule has 4 heteroatoms. The zero-order valence-corrected chi connectivity index (χ0v) is 15.6.